The Labute approximate surface area is 157 Å². The van der Waals surface area contributed by atoms with E-state index in [9.17, 15) is 4.79 Å². The summed E-state index contributed by atoms with van der Waals surface area (Å²) in [6.07, 6.45) is 11.3. The number of rotatable bonds is 4. The molecule has 2 N–H and O–H groups in total. The molecule has 2 heterocycles. The van der Waals surface area contributed by atoms with Gasteiger partial charge in [0.15, 0.2) is 0 Å². The molecule has 3 aliphatic rings. The first kappa shape index (κ1) is 18.0. The number of primary amides is 1. The molecule has 4 rings (SSSR count). The zero-order chi connectivity index (χ0) is 18.0. The average Bonchev–Trinajstić information content (AvgIpc) is 2.79. The van der Waals surface area contributed by atoms with Crippen LogP contribution < -0.4 is 5.73 Å². The van der Waals surface area contributed by atoms with Crippen molar-refractivity contribution < 1.29 is 4.79 Å². The van der Waals surface area contributed by atoms with Crippen LogP contribution in [-0.4, -0.2) is 47.9 Å². The van der Waals surface area contributed by atoms with Crippen molar-refractivity contribution in [2.45, 2.75) is 64.0 Å². The first-order valence-corrected chi connectivity index (χ1v) is 10.5. The summed E-state index contributed by atoms with van der Waals surface area (Å²) < 4.78 is 0. The van der Waals surface area contributed by atoms with Crippen LogP contribution in [0.15, 0.2) is 24.3 Å². The third-order valence-electron chi connectivity index (χ3n) is 7.23. The highest BCUT2D eigenvalue weighted by Gasteiger charge is 2.37. The van der Waals surface area contributed by atoms with Crippen molar-refractivity contribution in [3.63, 3.8) is 0 Å². The van der Waals surface area contributed by atoms with Gasteiger partial charge in [0.25, 0.3) is 0 Å². The number of nitrogens with zero attached hydrogens (tertiary/aromatic N) is 2. The van der Waals surface area contributed by atoms with E-state index in [0.29, 0.717) is 11.0 Å². The lowest BCUT2D eigenvalue weighted by Crippen LogP contribution is -2.42. The molecule has 1 saturated carbocycles. The minimum Gasteiger partial charge on any atom is -0.366 e. The fourth-order valence-electron chi connectivity index (χ4n) is 5.11. The molecule has 1 amide bonds. The fourth-order valence-corrected chi connectivity index (χ4v) is 5.11. The minimum absolute atomic E-state index is 0.347. The van der Waals surface area contributed by atoms with E-state index in [4.69, 9.17) is 5.73 Å². The number of likely N-dealkylation sites (tertiary alicyclic amines) is 2. The largest absolute Gasteiger partial charge is 0.366 e. The molecule has 0 atom stereocenters. The van der Waals surface area contributed by atoms with Gasteiger partial charge in [-0.25, -0.2) is 0 Å². The van der Waals surface area contributed by atoms with Crippen LogP contribution in [0.4, 0.5) is 0 Å². The van der Waals surface area contributed by atoms with Crippen LogP contribution in [0, 0.1) is 5.41 Å². The van der Waals surface area contributed by atoms with Crippen molar-refractivity contribution in [3.8, 4) is 0 Å². The number of nitrogens with two attached hydrogens (primary N) is 1. The van der Waals surface area contributed by atoms with Gasteiger partial charge in [-0.1, -0.05) is 18.6 Å². The Morgan fingerprint density at radius 3 is 2.27 bits per heavy atom. The van der Waals surface area contributed by atoms with Crippen molar-refractivity contribution in [1.29, 1.82) is 0 Å². The number of hydrogen-bond acceptors (Lipinski definition) is 3. The lowest BCUT2D eigenvalue weighted by molar-refractivity contribution is 0.0769. The van der Waals surface area contributed by atoms with Gasteiger partial charge in [0.2, 0.25) is 5.91 Å². The van der Waals surface area contributed by atoms with Gasteiger partial charge in [0.05, 0.1) is 0 Å². The van der Waals surface area contributed by atoms with Gasteiger partial charge in [0.1, 0.15) is 0 Å². The summed E-state index contributed by atoms with van der Waals surface area (Å²) in [5, 5.41) is 0. The molecule has 142 valence electrons. The van der Waals surface area contributed by atoms with Crippen LogP contribution in [-0.2, 0) is 6.54 Å². The fraction of sp³-hybridized carbons (Fsp3) is 0.682. The molecular formula is C22H33N3O. The van der Waals surface area contributed by atoms with E-state index in [-0.39, 0.29) is 5.91 Å². The number of piperidine rings is 1. The molecule has 4 heteroatoms. The molecule has 3 fully saturated rings. The predicted octanol–water partition coefficient (Wildman–Crippen LogP) is 3.41. The van der Waals surface area contributed by atoms with Gasteiger partial charge >= 0.3 is 0 Å². The molecule has 1 spiro atoms. The van der Waals surface area contributed by atoms with Crippen LogP contribution in [0.2, 0.25) is 0 Å². The maximum Gasteiger partial charge on any atom is 0.248 e. The van der Waals surface area contributed by atoms with E-state index in [1.807, 2.05) is 24.3 Å². The molecule has 2 aliphatic heterocycles. The Kier molecular flexibility index (Phi) is 5.32. The average molecular weight is 356 g/mol. The second-order valence-corrected chi connectivity index (χ2v) is 8.81. The molecule has 1 aromatic carbocycles. The third kappa shape index (κ3) is 3.96. The van der Waals surface area contributed by atoms with E-state index in [2.05, 4.69) is 9.80 Å². The molecule has 4 nitrogen and oxygen atoms in total. The zero-order valence-electron chi connectivity index (χ0n) is 16.0. The minimum atomic E-state index is -0.347. The molecule has 26 heavy (non-hydrogen) atoms. The van der Waals surface area contributed by atoms with Gasteiger partial charge in [0, 0.05) is 18.2 Å². The lowest BCUT2D eigenvalue weighted by atomic mass is 9.73. The maximum absolute atomic E-state index is 11.2. The van der Waals surface area contributed by atoms with Crippen molar-refractivity contribution >= 4 is 5.91 Å². The lowest BCUT2D eigenvalue weighted by Gasteiger charge is -2.42. The Morgan fingerprint density at radius 1 is 0.962 bits per heavy atom. The molecule has 0 bridgehead atoms. The zero-order valence-corrected chi connectivity index (χ0v) is 16.0. The monoisotopic (exact) mass is 355 g/mol. The summed E-state index contributed by atoms with van der Waals surface area (Å²) in [5.41, 5.74) is 7.81. The molecule has 0 aromatic heterocycles. The standard InChI is InChI=1S/C22H33N3O/c23-21(26)19-7-5-18(6-8-19)17-24-14-10-22(11-15-24)9-2-13-25(16-12-22)20-3-1-4-20/h5-8,20H,1-4,9-17H2,(H2,23,26). The number of carbonyl (C=O) groups excluding carboxylic acids is 1. The van der Waals surface area contributed by atoms with Crippen LogP contribution >= 0.6 is 0 Å². The Bertz CT molecular complexity index is 615. The Morgan fingerprint density at radius 2 is 1.65 bits per heavy atom. The number of hydrogen-bond donors (Lipinski definition) is 1. The predicted molar refractivity (Wildman–Crippen MR) is 105 cm³/mol. The quantitative estimate of drug-likeness (QED) is 0.900. The normalized spacial score (nSPS) is 24.9. The number of carbonyl (C=O) groups is 1. The molecule has 0 radical (unpaired) electrons. The van der Waals surface area contributed by atoms with Crippen molar-refractivity contribution in [2.75, 3.05) is 26.2 Å². The highest BCUT2D eigenvalue weighted by Crippen LogP contribution is 2.42. The van der Waals surface area contributed by atoms with E-state index in [1.54, 1.807) is 0 Å². The number of benzene rings is 1. The maximum atomic E-state index is 11.2. The highest BCUT2D eigenvalue weighted by atomic mass is 16.1. The summed E-state index contributed by atoms with van der Waals surface area (Å²) in [6.45, 7) is 6.08. The SMILES string of the molecule is NC(=O)c1ccc(CN2CCC3(CCCN(C4CCC4)CC3)CC2)cc1. The van der Waals surface area contributed by atoms with Crippen LogP contribution in [0.1, 0.15) is 67.3 Å². The van der Waals surface area contributed by atoms with Gasteiger partial charge in [-0.15, -0.1) is 0 Å². The van der Waals surface area contributed by atoms with Gasteiger partial charge in [-0.05, 0) is 94.2 Å². The van der Waals surface area contributed by atoms with Gasteiger partial charge in [-0.3, -0.25) is 9.69 Å². The highest BCUT2D eigenvalue weighted by molar-refractivity contribution is 5.92. The topological polar surface area (TPSA) is 49.6 Å². The number of amides is 1. The summed E-state index contributed by atoms with van der Waals surface area (Å²) in [7, 11) is 0. The van der Waals surface area contributed by atoms with Crippen LogP contribution in [0.5, 0.6) is 0 Å². The third-order valence-corrected chi connectivity index (χ3v) is 7.23. The van der Waals surface area contributed by atoms with Gasteiger partial charge in [-0.2, -0.15) is 0 Å². The van der Waals surface area contributed by atoms with Gasteiger partial charge < -0.3 is 10.6 Å². The Balaban J connectivity index is 1.28. The van der Waals surface area contributed by atoms with Crippen molar-refractivity contribution in [3.05, 3.63) is 35.4 Å². The smallest absolute Gasteiger partial charge is 0.248 e. The van der Waals surface area contributed by atoms with Crippen LogP contribution in [0.3, 0.4) is 0 Å². The first-order valence-electron chi connectivity index (χ1n) is 10.5. The summed E-state index contributed by atoms with van der Waals surface area (Å²) in [4.78, 5) is 16.6. The van der Waals surface area contributed by atoms with E-state index >= 15 is 0 Å². The Hall–Kier alpha value is -1.39. The van der Waals surface area contributed by atoms with E-state index < -0.39 is 0 Å². The second kappa shape index (κ2) is 7.69. The summed E-state index contributed by atoms with van der Waals surface area (Å²) in [6, 6.07) is 8.71. The molecule has 1 aromatic rings. The first-order chi connectivity index (χ1) is 12.6. The van der Waals surface area contributed by atoms with Crippen molar-refractivity contribution in [1.82, 2.24) is 9.80 Å². The van der Waals surface area contributed by atoms with E-state index in [0.717, 1.165) is 12.6 Å². The van der Waals surface area contributed by atoms with Crippen molar-refractivity contribution in [2.24, 2.45) is 11.1 Å². The molecule has 2 saturated heterocycles. The van der Waals surface area contributed by atoms with Crippen LogP contribution in [0.25, 0.3) is 0 Å². The molecular weight excluding hydrogens is 322 g/mol. The van der Waals surface area contributed by atoms with E-state index in [1.165, 1.54) is 83.1 Å². The molecule has 0 unspecified atom stereocenters. The molecule has 1 aliphatic carbocycles. The summed E-state index contributed by atoms with van der Waals surface area (Å²) >= 11 is 0. The second-order valence-electron chi connectivity index (χ2n) is 8.81. The summed E-state index contributed by atoms with van der Waals surface area (Å²) in [5.74, 6) is -0.347.